The van der Waals surface area contributed by atoms with E-state index in [0.29, 0.717) is 47.1 Å². The molecule has 2 aromatic carbocycles. The normalized spacial score (nSPS) is 17.1. The first kappa shape index (κ1) is 55.1. The Hall–Kier alpha value is 0.120. The molecule has 0 saturated carbocycles. The number of anilines is 1. The molecular weight excluding hydrogens is 873 g/mol. The first-order chi connectivity index (χ1) is 25.1. The van der Waals surface area contributed by atoms with Gasteiger partial charge in [-0.05, 0) is 87.2 Å². The first-order valence-electron chi connectivity index (χ1n) is 16.7. The van der Waals surface area contributed by atoms with E-state index in [1.807, 2.05) is 50.8 Å². The third-order valence-corrected chi connectivity index (χ3v) is 12.5. The molecule has 0 aliphatic carbocycles. The minimum absolute atomic E-state index is 0. The Morgan fingerprint density at radius 2 is 1.56 bits per heavy atom. The van der Waals surface area contributed by atoms with Crippen molar-refractivity contribution in [3.05, 3.63) is 94.7 Å². The fourth-order valence-electron chi connectivity index (χ4n) is 6.67. The molecule has 0 unspecified atom stereocenters. The molecule has 2 aliphatic rings. The molecular formula is C35H41ClN2Na3O12S4+. The van der Waals surface area contributed by atoms with E-state index in [4.69, 9.17) is 11.6 Å². The van der Waals surface area contributed by atoms with Gasteiger partial charge in [0, 0.05) is 63.2 Å². The van der Waals surface area contributed by atoms with Crippen molar-refractivity contribution in [2.45, 2.75) is 74.0 Å². The summed E-state index contributed by atoms with van der Waals surface area (Å²) in [7, 11) is -13.2. The molecule has 2 aromatic rings. The number of hydrogen-bond acceptors (Lipinski definition) is 13. The van der Waals surface area contributed by atoms with Crippen molar-refractivity contribution in [1.29, 1.82) is 0 Å². The molecule has 2 heterocycles. The maximum atomic E-state index is 11.8. The first-order valence-corrected chi connectivity index (χ1v) is 22.4. The summed E-state index contributed by atoms with van der Waals surface area (Å²) in [5.41, 5.74) is 3.35. The van der Waals surface area contributed by atoms with Gasteiger partial charge in [0.05, 0.1) is 38.2 Å². The van der Waals surface area contributed by atoms with E-state index in [-0.39, 0.29) is 112 Å². The zero-order valence-electron chi connectivity index (χ0n) is 32.9. The van der Waals surface area contributed by atoms with Crippen LogP contribution in [0.2, 0.25) is 0 Å². The van der Waals surface area contributed by atoms with Crippen LogP contribution in [0.3, 0.4) is 0 Å². The SMILES string of the molecule is CC1(C)C(C=CC=C(Cl)C=C/C=C2/N(CCCCS(=O)(=O)[O-])c3ccc(S(=O)(=O)[O-])cc3C2(C)C)=[N+](CCCCS(=O)(=O)O)c2ccc(SOO[O-])cc21.[Na+].[Na+].[Na+]. The van der Waals surface area contributed by atoms with Crippen LogP contribution in [-0.4, -0.2) is 73.8 Å². The van der Waals surface area contributed by atoms with E-state index in [1.54, 1.807) is 42.5 Å². The van der Waals surface area contributed by atoms with Gasteiger partial charge in [-0.15, -0.1) is 0 Å². The number of unbranched alkanes of at least 4 members (excludes halogenated alkanes) is 2. The molecule has 0 fully saturated rings. The van der Waals surface area contributed by atoms with Gasteiger partial charge in [0.2, 0.25) is 5.69 Å². The fraction of sp³-hybridized carbons (Fsp3) is 0.400. The monoisotopic (exact) mass is 913 g/mol. The minimum atomic E-state index is -4.72. The number of rotatable bonds is 18. The van der Waals surface area contributed by atoms with Crippen LogP contribution in [0.4, 0.5) is 11.4 Å². The van der Waals surface area contributed by atoms with Gasteiger partial charge in [0.1, 0.15) is 16.7 Å². The third-order valence-electron chi connectivity index (χ3n) is 9.25. The van der Waals surface area contributed by atoms with Crippen molar-refractivity contribution in [1.82, 2.24) is 0 Å². The Labute approximate surface area is 411 Å². The number of hydrogen-bond donors (Lipinski definition) is 1. The van der Waals surface area contributed by atoms with Crippen molar-refractivity contribution < 1.29 is 147 Å². The molecule has 0 amide bonds. The van der Waals surface area contributed by atoms with Crippen LogP contribution in [0.25, 0.3) is 0 Å². The van der Waals surface area contributed by atoms with Crippen LogP contribution in [0.1, 0.15) is 64.5 Å². The quantitative estimate of drug-likeness (QED) is 0.0222. The van der Waals surface area contributed by atoms with Crippen LogP contribution in [0, 0.1) is 0 Å². The molecule has 0 aromatic heterocycles. The van der Waals surface area contributed by atoms with Gasteiger partial charge in [-0.2, -0.15) is 17.3 Å². The Balaban J connectivity index is 0.00000541. The van der Waals surface area contributed by atoms with Gasteiger partial charge in [-0.1, -0.05) is 37.6 Å². The largest absolute Gasteiger partial charge is 1.00 e. The van der Waals surface area contributed by atoms with Gasteiger partial charge in [-0.3, -0.25) is 9.59 Å². The van der Waals surface area contributed by atoms with E-state index in [9.17, 15) is 44.2 Å². The second kappa shape index (κ2) is 23.0. The maximum Gasteiger partial charge on any atom is 1.00 e. The molecule has 0 spiro atoms. The third kappa shape index (κ3) is 15.2. The molecule has 22 heteroatoms. The summed E-state index contributed by atoms with van der Waals surface area (Å²) in [6.45, 7) is 8.55. The Morgan fingerprint density at radius 1 is 0.895 bits per heavy atom. The van der Waals surface area contributed by atoms with Crippen molar-refractivity contribution in [2.75, 3.05) is 29.5 Å². The number of halogens is 1. The van der Waals surface area contributed by atoms with Crippen molar-refractivity contribution in [3.8, 4) is 0 Å². The smallest absolute Gasteiger partial charge is 0.748 e. The molecule has 0 saturated heterocycles. The van der Waals surface area contributed by atoms with Gasteiger partial charge in [-0.25, -0.2) is 16.8 Å². The molecule has 0 atom stereocenters. The average Bonchev–Trinajstić information content (AvgIpc) is 3.40. The van der Waals surface area contributed by atoms with E-state index >= 15 is 0 Å². The molecule has 2 aliphatic heterocycles. The predicted octanol–water partition coefficient (Wildman–Crippen LogP) is -3.88. The summed E-state index contributed by atoms with van der Waals surface area (Å²) < 4.78 is 107. The second-order valence-corrected chi connectivity index (χ2v) is 19.4. The van der Waals surface area contributed by atoms with Gasteiger partial charge in [0.15, 0.2) is 5.71 Å². The van der Waals surface area contributed by atoms with Crippen LogP contribution in [-0.2, 0) is 50.6 Å². The molecule has 0 bridgehead atoms. The van der Waals surface area contributed by atoms with Gasteiger partial charge in [0.25, 0.3) is 10.1 Å². The van der Waals surface area contributed by atoms with E-state index in [2.05, 4.69) is 13.9 Å². The Morgan fingerprint density at radius 3 is 2.18 bits per heavy atom. The molecule has 296 valence electrons. The van der Waals surface area contributed by atoms with Crippen molar-refractivity contribution in [3.63, 3.8) is 0 Å². The van der Waals surface area contributed by atoms with Crippen molar-refractivity contribution in [2.24, 2.45) is 0 Å². The summed E-state index contributed by atoms with van der Waals surface area (Å²) in [6, 6.07) is 9.63. The topological polar surface area (TPSA) is 217 Å². The molecule has 0 radical (unpaired) electrons. The van der Waals surface area contributed by atoms with Gasteiger partial charge >= 0.3 is 88.7 Å². The Kier molecular flexibility index (Phi) is 22.2. The Bertz CT molecular complexity index is 2240. The zero-order valence-corrected chi connectivity index (χ0v) is 43.0. The minimum Gasteiger partial charge on any atom is -0.748 e. The van der Waals surface area contributed by atoms with E-state index in [1.165, 1.54) is 12.1 Å². The number of benzene rings is 2. The zero-order chi connectivity index (χ0) is 40.1. The summed E-state index contributed by atoms with van der Waals surface area (Å²) in [5.74, 6) is -0.875. The maximum absolute atomic E-state index is 11.8. The number of nitrogens with zero attached hydrogens (tertiary/aromatic N) is 2. The number of fused-ring (bicyclic) bond motifs is 2. The van der Waals surface area contributed by atoms with Crippen molar-refractivity contribution >= 4 is 71.1 Å². The summed E-state index contributed by atoms with van der Waals surface area (Å²) >= 11 is 7.38. The molecule has 57 heavy (non-hydrogen) atoms. The average molecular weight is 914 g/mol. The molecule has 14 nitrogen and oxygen atoms in total. The van der Waals surface area contributed by atoms with Crippen LogP contribution < -0.4 is 98.8 Å². The second-order valence-electron chi connectivity index (χ2n) is 13.8. The number of allylic oxidation sites excluding steroid dienone is 8. The van der Waals surface area contributed by atoms with Crippen LogP contribution in [0.15, 0.2) is 93.4 Å². The van der Waals surface area contributed by atoms with Crippen LogP contribution in [0.5, 0.6) is 0 Å². The molecule has 1 N–H and O–H groups in total. The summed E-state index contributed by atoms with van der Waals surface area (Å²) in [6.07, 6.45) is 11.7. The summed E-state index contributed by atoms with van der Waals surface area (Å²) in [5, 5.41) is 14.2. The summed E-state index contributed by atoms with van der Waals surface area (Å²) in [4.78, 5) is 2.17. The predicted molar refractivity (Wildman–Crippen MR) is 202 cm³/mol. The standard InChI is InChI=1S/C35H43ClN2O12S4.3Na/c1-34(2)28-23-26(51-50-49-39)15-17-30(28)37(19-5-7-21-52(40,41)42)32(34)13-9-11-25(36)12-10-14-33-35(3,4)29-24-27(54(46,47)48)16-18-31(29)38(33)20-6-8-22-53(43,44)45;;;/h9-18,23-24H,5-8,19-22H2,1-4H3,(H3-,39,40,41,42,43,44,45,46,47,48);;;/q;3*+1/p-2. The fourth-order valence-corrected chi connectivity index (χ4v) is 8.84. The van der Waals surface area contributed by atoms with Gasteiger partial charge < -0.3 is 19.3 Å². The van der Waals surface area contributed by atoms with Crippen LogP contribution >= 0.6 is 23.6 Å². The van der Waals surface area contributed by atoms with E-state index < -0.39 is 46.9 Å². The van der Waals surface area contributed by atoms with E-state index in [0.717, 1.165) is 34.7 Å². The molecule has 4 rings (SSSR count).